The van der Waals surface area contributed by atoms with Crippen molar-refractivity contribution in [2.75, 3.05) is 19.6 Å². The molecule has 0 unspecified atom stereocenters. The van der Waals surface area contributed by atoms with Gasteiger partial charge in [0, 0.05) is 30.3 Å². The highest BCUT2D eigenvalue weighted by molar-refractivity contribution is 5.96. The second-order valence-corrected chi connectivity index (χ2v) is 9.64. The van der Waals surface area contributed by atoms with E-state index in [4.69, 9.17) is 4.74 Å². The van der Waals surface area contributed by atoms with E-state index < -0.39 is 29.2 Å². The van der Waals surface area contributed by atoms with Gasteiger partial charge >= 0.3 is 12.1 Å². The quantitative estimate of drug-likeness (QED) is 0.615. The summed E-state index contributed by atoms with van der Waals surface area (Å²) in [5, 5.41) is 5.22. The molecule has 0 atom stereocenters. The van der Waals surface area contributed by atoms with Crippen molar-refractivity contribution in [3.63, 3.8) is 0 Å². The minimum absolute atomic E-state index is 0.0520. The molecule has 0 radical (unpaired) electrons. The molecule has 3 aliphatic rings. The molecule has 2 heterocycles. The normalized spacial score (nSPS) is 24.1. The zero-order valence-electron chi connectivity index (χ0n) is 19.4. The lowest BCUT2D eigenvalue weighted by atomic mass is 9.76. The molecule has 1 aliphatic carbocycles. The number of carbonyl (C=O) groups excluding carboxylic acids is 3. The summed E-state index contributed by atoms with van der Waals surface area (Å²) in [4.78, 5) is 38.9. The molecule has 7 nitrogen and oxygen atoms in total. The molecule has 5 rings (SSSR count). The van der Waals surface area contributed by atoms with Gasteiger partial charge in [-0.2, -0.15) is 13.2 Å². The van der Waals surface area contributed by atoms with Gasteiger partial charge in [0.15, 0.2) is 0 Å². The summed E-state index contributed by atoms with van der Waals surface area (Å²) in [5.74, 6) is -1.38. The summed E-state index contributed by atoms with van der Waals surface area (Å²) >= 11 is 0. The molecule has 0 bridgehead atoms. The van der Waals surface area contributed by atoms with E-state index in [1.807, 2.05) is 24.3 Å². The highest BCUT2D eigenvalue weighted by Gasteiger charge is 2.49. The number of rotatable bonds is 5. The van der Waals surface area contributed by atoms with E-state index in [-0.39, 0.29) is 24.1 Å². The number of hydrogen-bond donors (Lipinski definition) is 2. The van der Waals surface area contributed by atoms with Crippen LogP contribution in [-0.2, 0) is 21.3 Å². The van der Waals surface area contributed by atoms with E-state index in [0.29, 0.717) is 24.7 Å². The van der Waals surface area contributed by atoms with Crippen LogP contribution in [0.15, 0.2) is 48.5 Å². The predicted molar refractivity (Wildman–Crippen MR) is 123 cm³/mol. The number of nitrogens with zero attached hydrogens (tertiary/aromatic N) is 1. The predicted octanol–water partition coefficient (Wildman–Crippen LogP) is 3.24. The number of ether oxygens (including phenoxy) is 1. The molecule has 0 aromatic heterocycles. The first-order valence-electron chi connectivity index (χ1n) is 12.0. The van der Waals surface area contributed by atoms with Crippen LogP contribution in [0.25, 0.3) is 0 Å². The largest absolute Gasteiger partial charge is 0.451 e. The fourth-order valence-corrected chi connectivity index (χ4v) is 5.43. The van der Waals surface area contributed by atoms with Crippen molar-refractivity contribution < 1.29 is 32.3 Å². The number of likely N-dealkylation sites (tertiary alicyclic amines) is 1. The van der Waals surface area contributed by atoms with Crippen LogP contribution in [0.3, 0.4) is 0 Å². The van der Waals surface area contributed by atoms with Crippen molar-refractivity contribution in [1.82, 2.24) is 15.5 Å². The molecule has 2 aliphatic heterocycles. The highest BCUT2D eigenvalue weighted by Crippen LogP contribution is 2.47. The molecule has 2 N–H and O–H groups in total. The SMILES string of the molecule is O=C(CNC(=O)c1cccc(C(F)(F)F)c1)NC1CN([C@H]2CC[C@@]3(CC2)OC(=O)c2ccccc23)C1. The van der Waals surface area contributed by atoms with Crippen LogP contribution < -0.4 is 10.6 Å². The molecule has 2 amide bonds. The van der Waals surface area contributed by atoms with Crippen molar-refractivity contribution in [1.29, 1.82) is 0 Å². The monoisotopic (exact) mass is 501 g/mol. The Morgan fingerprint density at radius 1 is 1.06 bits per heavy atom. The molecule has 190 valence electrons. The molecule has 1 saturated heterocycles. The van der Waals surface area contributed by atoms with Crippen molar-refractivity contribution in [2.24, 2.45) is 0 Å². The Morgan fingerprint density at radius 2 is 1.78 bits per heavy atom. The van der Waals surface area contributed by atoms with Crippen LogP contribution in [0.5, 0.6) is 0 Å². The molecular formula is C26H26F3N3O4. The lowest BCUT2D eigenvalue weighted by molar-refractivity contribution is -0.137. The Kier molecular flexibility index (Phi) is 6.23. The number of fused-ring (bicyclic) bond motifs is 2. The molecule has 1 spiro atoms. The first-order chi connectivity index (χ1) is 17.1. The first kappa shape index (κ1) is 24.3. The van der Waals surface area contributed by atoms with E-state index in [9.17, 15) is 27.6 Å². The summed E-state index contributed by atoms with van der Waals surface area (Å²) in [6.45, 7) is 1.05. The molecule has 1 saturated carbocycles. The number of alkyl halides is 3. The summed E-state index contributed by atoms with van der Waals surface area (Å²) in [7, 11) is 0. The molecule has 2 aromatic rings. The lowest BCUT2D eigenvalue weighted by Gasteiger charge is -2.48. The highest BCUT2D eigenvalue weighted by atomic mass is 19.4. The lowest BCUT2D eigenvalue weighted by Crippen LogP contribution is -2.63. The molecule has 10 heteroatoms. The van der Waals surface area contributed by atoms with Crippen LogP contribution in [0.4, 0.5) is 13.2 Å². The van der Waals surface area contributed by atoms with E-state index in [0.717, 1.165) is 49.4 Å². The minimum Gasteiger partial charge on any atom is -0.451 e. The standard InChI is InChI=1S/C26H26F3N3O4/c27-26(28,29)17-5-3-4-16(12-17)23(34)30-13-22(33)31-18-14-32(15-18)19-8-10-25(11-9-19)21-7-2-1-6-20(21)24(35)36-25/h1-7,12,18-19H,8-11,13-15H2,(H,30,34)(H,31,33)/t19-,25-. The fourth-order valence-electron chi connectivity index (χ4n) is 5.43. The van der Waals surface area contributed by atoms with Gasteiger partial charge in [-0.25, -0.2) is 4.79 Å². The Labute approximate surface area is 206 Å². The van der Waals surface area contributed by atoms with Gasteiger partial charge < -0.3 is 15.4 Å². The third kappa shape index (κ3) is 4.69. The van der Waals surface area contributed by atoms with Crippen LogP contribution in [0, 0.1) is 0 Å². The van der Waals surface area contributed by atoms with Gasteiger partial charge in [0.2, 0.25) is 5.91 Å². The number of esters is 1. The maximum absolute atomic E-state index is 12.8. The zero-order chi connectivity index (χ0) is 25.5. The average molecular weight is 502 g/mol. The van der Waals surface area contributed by atoms with Crippen LogP contribution in [0.1, 0.15) is 57.5 Å². The first-order valence-corrected chi connectivity index (χ1v) is 12.0. The fraction of sp³-hybridized carbons (Fsp3) is 0.423. The summed E-state index contributed by atoms with van der Waals surface area (Å²) in [5.41, 5.74) is 0.0360. The van der Waals surface area contributed by atoms with Gasteiger partial charge in [0.05, 0.1) is 23.7 Å². The maximum atomic E-state index is 12.8. The number of halogens is 3. The van der Waals surface area contributed by atoms with Crippen LogP contribution in [-0.4, -0.2) is 54.4 Å². The molecule has 2 fully saturated rings. The second kappa shape index (κ2) is 9.24. The number of amides is 2. The Hall–Kier alpha value is -3.40. The Morgan fingerprint density at radius 3 is 2.50 bits per heavy atom. The van der Waals surface area contributed by atoms with Crippen molar-refractivity contribution in [3.05, 3.63) is 70.8 Å². The van der Waals surface area contributed by atoms with E-state index >= 15 is 0 Å². The third-order valence-corrected chi connectivity index (χ3v) is 7.34. The van der Waals surface area contributed by atoms with Gasteiger partial charge in [-0.3, -0.25) is 14.5 Å². The Bertz CT molecular complexity index is 1180. The van der Waals surface area contributed by atoms with E-state index in [1.165, 1.54) is 6.07 Å². The number of benzene rings is 2. The molecular weight excluding hydrogens is 475 g/mol. The number of hydrogen-bond acceptors (Lipinski definition) is 5. The third-order valence-electron chi connectivity index (χ3n) is 7.34. The van der Waals surface area contributed by atoms with Crippen LogP contribution in [0.2, 0.25) is 0 Å². The minimum atomic E-state index is -4.55. The summed E-state index contributed by atoms with van der Waals surface area (Å²) in [6, 6.07) is 11.9. The average Bonchev–Trinajstić information content (AvgIpc) is 3.11. The number of nitrogens with one attached hydrogen (secondary N) is 2. The number of carbonyl (C=O) groups is 3. The van der Waals surface area contributed by atoms with E-state index in [2.05, 4.69) is 15.5 Å². The van der Waals surface area contributed by atoms with E-state index in [1.54, 1.807) is 0 Å². The summed E-state index contributed by atoms with van der Waals surface area (Å²) < 4.78 is 44.3. The van der Waals surface area contributed by atoms with Gasteiger partial charge in [0.1, 0.15) is 5.60 Å². The van der Waals surface area contributed by atoms with Gasteiger partial charge in [0.25, 0.3) is 5.91 Å². The van der Waals surface area contributed by atoms with Crippen LogP contribution >= 0.6 is 0 Å². The zero-order valence-corrected chi connectivity index (χ0v) is 19.4. The second-order valence-electron chi connectivity index (χ2n) is 9.64. The van der Waals surface area contributed by atoms with Crippen molar-refractivity contribution in [3.8, 4) is 0 Å². The van der Waals surface area contributed by atoms with Gasteiger partial charge in [-0.05, 0) is 49.9 Å². The Balaban J connectivity index is 1.05. The molecule has 36 heavy (non-hydrogen) atoms. The van der Waals surface area contributed by atoms with Crippen molar-refractivity contribution in [2.45, 2.75) is 49.5 Å². The van der Waals surface area contributed by atoms with Crippen molar-refractivity contribution >= 4 is 17.8 Å². The topological polar surface area (TPSA) is 87.7 Å². The smallest absolute Gasteiger partial charge is 0.416 e. The van der Waals surface area contributed by atoms with Gasteiger partial charge in [-0.15, -0.1) is 0 Å². The van der Waals surface area contributed by atoms with Gasteiger partial charge in [-0.1, -0.05) is 24.3 Å². The maximum Gasteiger partial charge on any atom is 0.416 e. The molecule has 2 aromatic carbocycles. The summed E-state index contributed by atoms with van der Waals surface area (Å²) in [6.07, 6.45) is -1.26.